The molecule has 0 fully saturated rings. The van der Waals surface area contributed by atoms with Crippen molar-refractivity contribution in [2.24, 2.45) is 0 Å². The largest absolute Gasteiger partial charge is 0.368 e. The number of methoxy groups -OCH3 is 2. The topological polar surface area (TPSA) is 18.5 Å². The van der Waals surface area contributed by atoms with Gasteiger partial charge in [-0.1, -0.05) is 25.6 Å². The summed E-state index contributed by atoms with van der Waals surface area (Å²) in [5.74, 6) is 0. The van der Waals surface area contributed by atoms with E-state index < -0.39 is 0 Å². The molecule has 0 aromatic heterocycles. The van der Waals surface area contributed by atoms with Gasteiger partial charge in [0.25, 0.3) is 0 Å². The lowest BCUT2D eigenvalue weighted by Gasteiger charge is -2.36. The number of thioether (sulfide) groups is 1. The Labute approximate surface area is 86.4 Å². The van der Waals surface area contributed by atoms with Gasteiger partial charge in [-0.2, -0.15) is 0 Å². The van der Waals surface area contributed by atoms with Crippen LogP contribution in [0.25, 0.3) is 0 Å². The fourth-order valence-corrected chi connectivity index (χ4v) is 2.34. The highest BCUT2D eigenvalue weighted by Gasteiger charge is 2.33. The maximum Gasteiger partial charge on any atom is 0.112 e. The molecule has 0 spiro atoms. The minimum absolute atomic E-state index is 0.138. The maximum atomic E-state index is 5.47. The Bertz CT molecular complexity index is 124. The lowest BCUT2D eigenvalue weighted by atomic mass is 10.3. The first kappa shape index (κ1) is 13.3. The molecule has 2 unspecified atom stereocenters. The summed E-state index contributed by atoms with van der Waals surface area (Å²) in [5.41, 5.74) is 0. The molecule has 0 rings (SSSR count). The van der Waals surface area contributed by atoms with E-state index in [1.807, 2.05) is 0 Å². The Morgan fingerprint density at radius 1 is 0.923 bits per heavy atom. The van der Waals surface area contributed by atoms with Crippen molar-refractivity contribution in [1.82, 2.24) is 0 Å². The number of hydrogen-bond acceptors (Lipinski definition) is 3. The summed E-state index contributed by atoms with van der Waals surface area (Å²) >= 11 is 1.75. The second-order valence-electron chi connectivity index (χ2n) is 3.49. The highest BCUT2D eigenvalue weighted by molar-refractivity contribution is 8.01. The minimum atomic E-state index is -0.138. The van der Waals surface area contributed by atoms with Crippen molar-refractivity contribution in [2.75, 3.05) is 14.2 Å². The average Bonchev–Trinajstić information content (AvgIpc) is 2.17. The first-order chi connectivity index (χ1) is 5.95. The van der Waals surface area contributed by atoms with Gasteiger partial charge in [0.05, 0.1) is 0 Å². The second kappa shape index (κ2) is 5.23. The molecule has 2 atom stereocenters. The van der Waals surface area contributed by atoms with E-state index in [0.717, 1.165) is 12.8 Å². The number of hydrogen-bond donors (Lipinski definition) is 0. The zero-order valence-corrected chi connectivity index (χ0v) is 10.5. The van der Waals surface area contributed by atoms with E-state index in [1.54, 1.807) is 26.0 Å². The van der Waals surface area contributed by atoms with Crippen LogP contribution < -0.4 is 0 Å². The van der Waals surface area contributed by atoms with Gasteiger partial charge in [0.15, 0.2) is 0 Å². The molecular weight excluding hydrogens is 184 g/mol. The molecule has 0 aliphatic rings. The predicted molar refractivity (Wildman–Crippen MR) is 59.0 cm³/mol. The summed E-state index contributed by atoms with van der Waals surface area (Å²) in [6.45, 7) is 8.46. The Balaban J connectivity index is 4.36. The van der Waals surface area contributed by atoms with Gasteiger partial charge in [0.2, 0.25) is 0 Å². The zero-order valence-electron chi connectivity index (χ0n) is 9.64. The van der Waals surface area contributed by atoms with Gasteiger partial charge in [0, 0.05) is 14.2 Å². The third-order valence-corrected chi connectivity index (χ3v) is 4.35. The molecule has 0 saturated heterocycles. The SMILES string of the molecule is CCC(C)(OC)SC(C)(CC)OC. The molecule has 0 bridgehead atoms. The fourth-order valence-electron chi connectivity index (χ4n) is 0.973. The lowest BCUT2D eigenvalue weighted by Crippen LogP contribution is -2.32. The fraction of sp³-hybridized carbons (Fsp3) is 1.00. The van der Waals surface area contributed by atoms with Gasteiger partial charge in [-0.15, -0.1) is 0 Å². The number of ether oxygens (including phenoxy) is 2. The van der Waals surface area contributed by atoms with E-state index in [4.69, 9.17) is 9.47 Å². The molecule has 13 heavy (non-hydrogen) atoms. The van der Waals surface area contributed by atoms with Gasteiger partial charge in [-0.3, -0.25) is 0 Å². The third-order valence-electron chi connectivity index (χ3n) is 2.58. The first-order valence-electron chi connectivity index (χ1n) is 4.75. The normalized spacial score (nSPS) is 20.8. The van der Waals surface area contributed by atoms with Crippen molar-refractivity contribution < 1.29 is 9.47 Å². The van der Waals surface area contributed by atoms with Crippen LogP contribution in [0, 0.1) is 0 Å². The van der Waals surface area contributed by atoms with Crippen LogP contribution in [0.5, 0.6) is 0 Å². The summed E-state index contributed by atoms with van der Waals surface area (Å²) in [5, 5.41) is 0. The Morgan fingerprint density at radius 2 is 1.23 bits per heavy atom. The molecule has 0 aromatic carbocycles. The van der Waals surface area contributed by atoms with E-state index in [9.17, 15) is 0 Å². The van der Waals surface area contributed by atoms with Crippen LogP contribution in [0.1, 0.15) is 40.5 Å². The third kappa shape index (κ3) is 3.88. The molecule has 3 heteroatoms. The van der Waals surface area contributed by atoms with Gasteiger partial charge < -0.3 is 9.47 Å². The highest BCUT2D eigenvalue weighted by atomic mass is 32.2. The molecule has 0 N–H and O–H groups in total. The first-order valence-corrected chi connectivity index (χ1v) is 5.57. The predicted octanol–water partition coefficient (Wildman–Crippen LogP) is 3.26. The van der Waals surface area contributed by atoms with E-state index in [1.165, 1.54) is 0 Å². The molecule has 0 aliphatic carbocycles. The molecule has 0 aromatic rings. The summed E-state index contributed by atoms with van der Waals surface area (Å²) < 4.78 is 10.9. The monoisotopic (exact) mass is 206 g/mol. The van der Waals surface area contributed by atoms with Crippen LogP contribution in [-0.2, 0) is 9.47 Å². The van der Waals surface area contributed by atoms with Crippen LogP contribution in [0.15, 0.2) is 0 Å². The van der Waals surface area contributed by atoms with Crippen LogP contribution >= 0.6 is 11.8 Å². The van der Waals surface area contributed by atoms with E-state index in [0.29, 0.717) is 0 Å². The van der Waals surface area contributed by atoms with Crippen molar-refractivity contribution in [3.8, 4) is 0 Å². The smallest absolute Gasteiger partial charge is 0.112 e. The van der Waals surface area contributed by atoms with Crippen molar-refractivity contribution in [2.45, 2.75) is 50.4 Å². The Hall–Kier alpha value is 0.270. The molecule has 2 nitrogen and oxygen atoms in total. The van der Waals surface area contributed by atoms with Crippen LogP contribution in [0.2, 0.25) is 0 Å². The van der Waals surface area contributed by atoms with Crippen LogP contribution in [0.3, 0.4) is 0 Å². The molecule has 0 amide bonds. The van der Waals surface area contributed by atoms with Crippen LogP contribution in [-0.4, -0.2) is 24.1 Å². The maximum absolute atomic E-state index is 5.47. The highest BCUT2D eigenvalue weighted by Crippen LogP contribution is 2.41. The lowest BCUT2D eigenvalue weighted by molar-refractivity contribution is 0.0549. The van der Waals surface area contributed by atoms with Crippen molar-refractivity contribution >= 4 is 11.8 Å². The molecule has 0 radical (unpaired) electrons. The van der Waals surface area contributed by atoms with E-state index >= 15 is 0 Å². The van der Waals surface area contributed by atoms with Gasteiger partial charge >= 0.3 is 0 Å². The second-order valence-corrected chi connectivity index (χ2v) is 5.42. The van der Waals surface area contributed by atoms with Crippen molar-refractivity contribution in [3.63, 3.8) is 0 Å². The molecule has 0 saturated carbocycles. The summed E-state index contributed by atoms with van der Waals surface area (Å²) in [4.78, 5) is -0.276. The van der Waals surface area contributed by atoms with Crippen LogP contribution in [0.4, 0.5) is 0 Å². The quantitative estimate of drug-likeness (QED) is 0.621. The number of rotatable bonds is 6. The summed E-state index contributed by atoms with van der Waals surface area (Å²) in [7, 11) is 3.50. The van der Waals surface area contributed by atoms with Crippen molar-refractivity contribution in [1.29, 1.82) is 0 Å². The molecule has 80 valence electrons. The molecular formula is C10H22O2S. The van der Waals surface area contributed by atoms with Gasteiger partial charge in [-0.05, 0) is 26.7 Å². The summed E-state index contributed by atoms with van der Waals surface area (Å²) in [6, 6.07) is 0. The average molecular weight is 206 g/mol. The van der Waals surface area contributed by atoms with Gasteiger partial charge in [0.1, 0.15) is 9.87 Å². The van der Waals surface area contributed by atoms with E-state index in [2.05, 4.69) is 27.7 Å². The Kier molecular flexibility index (Phi) is 5.33. The molecule has 0 heterocycles. The Morgan fingerprint density at radius 3 is 1.38 bits per heavy atom. The van der Waals surface area contributed by atoms with Gasteiger partial charge in [-0.25, -0.2) is 0 Å². The standard InChI is InChI=1S/C10H22O2S/c1-7-9(3,11-5)13-10(4,8-2)12-6/h7-8H2,1-6H3. The van der Waals surface area contributed by atoms with Crippen molar-refractivity contribution in [3.05, 3.63) is 0 Å². The molecule has 0 aliphatic heterocycles. The summed E-state index contributed by atoms with van der Waals surface area (Å²) in [6.07, 6.45) is 1.96. The minimum Gasteiger partial charge on any atom is -0.368 e. The zero-order chi connectivity index (χ0) is 10.5. The van der Waals surface area contributed by atoms with E-state index in [-0.39, 0.29) is 9.87 Å².